The van der Waals surface area contributed by atoms with Crippen molar-refractivity contribution in [1.82, 2.24) is 30.1 Å². The normalized spacial score (nSPS) is 14.0. The van der Waals surface area contributed by atoms with E-state index in [0.29, 0.717) is 39.4 Å². The minimum Gasteiger partial charge on any atom is -0.335 e. The van der Waals surface area contributed by atoms with E-state index in [1.54, 1.807) is 29.9 Å². The number of amides is 1. The molecule has 10 heteroatoms. The van der Waals surface area contributed by atoms with Gasteiger partial charge < -0.3 is 10.3 Å². The molecule has 0 aliphatic heterocycles. The van der Waals surface area contributed by atoms with E-state index < -0.39 is 5.82 Å². The minimum absolute atomic E-state index is 0.0144. The highest BCUT2D eigenvalue weighted by atomic mass is 32.1. The minimum atomic E-state index is -0.464. The average Bonchev–Trinajstić information content (AvgIpc) is 3.74. The van der Waals surface area contributed by atoms with Gasteiger partial charge in [0.2, 0.25) is 5.91 Å². The zero-order valence-electron chi connectivity index (χ0n) is 20.2. The number of fused-ring (bicyclic) bond motifs is 2. The van der Waals surface area contributed by atoms with Crippen LogP contribution >= 0.6 is 11.3 Å². The zero-order valence-corrected chi connectivity index (χ0v) is 21.0. The third-order valence-electron chi connectivity index (χ3n) is 7.14. The Morgan fingerprint density at radius 1 is 1.08 bits per heavy atom. The first kappa shape index (κ1) is 22.7. The van der Waals surface area contributed by atoms with Crippen LogP contribution < -0.4 is 5.32 Å². The smallest absolute Gasteiger partial charge is 0.227 e. The molecule has 0 saturated heterocycles. The standard InChI is InChI=1S/C28H22FN7OS/c29-22-11-17(18-9-19(13-30-12-18)32-28(37)15-3-1-2-4-15)10-21-23(22)35-36-25(21)27-33-24-20(16-6-8-38-14-16)5-7-31-26(24)34-27/h5-15H,1-4H2,(H,32,37)(H,35,36)(H,31,33,34). The lowest BCUT2D eigenvalue weighted by atomic mass is 10.0. The summed E-state index contributed by atoms with van der Waals surface area (Å²) < 4.78 is 15.2. The Bertz CT molecular complexity index is 1800. The number of H-pyrrole nitrogens is 2. The van der Waals surface area contributed by atoms with Crippen LogP contribution in [0.1, 0.15) is 25.7 Å². The number of nitrogens with zero attached hydrogens (tertiary/aromatic N) is 4. The fourth-order valence-corrected chi connectivity index (χ4v) is 5.86. The SMILES string of the molecule is O=C(Nc1cncc(-c2cc(F)c3n[nH]c(-c4nc5nccc(-c6ccsc6)c5[nH]4)c3c2)c1)C1CCCC1. The Kier molecular flexibility index (Phi) is 5.47. The first-order chi connectivity index (χ1) is 18.6. The van der Waals surface area contributed by atoms with Gasteiger partial charge >= 0.3 is 0 Å². The summed E-state index contributed by atoms with van der Waals surface area (Å²) in [6.45, 7) is 0. The predicted molar refractivity (Wildman–Crippen MR) is 146 cm³/mol. The number of rotatable bonds is 5. The Labute approximate surface area is 220 Å². The van der Waals surface area contributed by atoms with Crippen molar-refractivity contribution in [2.45, 2.75) is 25.7 Å². The number of pyridine rings is 2. The predicted octanol–water partition coefficient (Wildman–Crippen LogP) is 6.56. The molecule has 5 aromatic heterocycles. The van der Waals surface area contributed by atoms with Gasteiger partial charge in [0.15, 0.2) is 17.3 Å². The van der Waals surface area contributed by atoms with Gasteiger partial charge in [0.25, 0.3) is 0 Å². The van der Waals surface area contributed by atoms with E-state index in [4.69, 9.17) is 0 Å². The molecule has 38 heavy (non-hydrogen) atoms. The van der Waals surface area contributed by atoms with Crippen LogP contribution in [-0.4, -0.2) is 36.0 Å². The number of benzene rings is 1. The molecule has 1 saturated carbocycles. The number of anilines is 1. The number of nitrogens with one attached hydrogen (secondary N) is 3. The van der Waals surface area contributed by atoms with Crippen LogP contribution in [0.25, 0.3) is 55.8 Å². The largest absolute Gasteiger partial charge is 0.335 e. The van der Waals surface area contributed by atoms with Gasteiger partial charge in [0.05, 0.1) is 17.4 Å². The van der Waals surface area contributed by atoms with Crippen molar-refractivity contribution in [3.8, 4) is 33.8 Å². The topological polar surface area (TPSA) is 112 Å². The molecule has 0 unspecified atom stereocenters. The average molecular weight is 524 g/mol. The van der Waals surface area contributed by atoms with Crippen LogP contribution in [0.3, 0.4) is 0 Å². The van der Waals surface area contributed by atoms with Crippen molar-refractivity contribution in [3.05, 3.63) is 65.5 Å². The molecule has 1 aromatic carbocycles. The summed E-state index contributed by atoms with van der Waals surface area (Å²) in [5.41, 5.74) is 6.12. The van der Waals surface area contributed by atoms with Crippen LogP contribution in [0, 0.1) is 11.7 Å². The highest BCUT2D eigenvalue weighted by Gasteiger charge is 2.23. The quantitative estimate of drug-likeness (QED) is 0.237. The lowest BCUT2D eigenvalue weighted by Crippen LogP contribution is -2.20. The van der Waals surface area contributed by atoms with E-state index in [1.165, 1.54) is 6.07 Å². The number of imidazole rings is 1. The molecule has 1 amide bonds. The summed E-state index contributed by atoms with van der Waals surface area (Å²) in [4.78, 5) is 29.4. The van der Waals surface area contributed by atoms with Crippen molar-refractivity contribution in [1.29, 1.82) is 0 Å². The molecule has 0 atom stereocenters. The zero-order chi connectivity index (χ0) is 25.6. The number of hydrogen-bond donors (Lipinski definition) is 3. The van der Waals surface area contributed by atoms with Crippen molar-refractivity contribution in [2.24, 2.45) is 5.92 Å². The number of carbonyl (C=O) groups is 1. The highest BCUT2D eigenvalue weighted by molar-refractivity contribution is 7.08. The third kappa shape index (κ3) is 3.93. The Hall–Kier alpha value is -4.44. The molecule has 0 radical (unpaired) electrons. The lowest BCUT2D eigenvalue weighted by molar-refractivity contribution is -0.119. The van der Waals surface area contributed by atoms with Crippen molar-refractivity contribution in [3.63, 3.8) is 0 Å². The number of halogens is 1. The molecule has 0 bridgehead atoms. The molecule has 8 nitrogen and oxygen atoms in total. The van der Waals surface area contributed by atoms with E-state index in [0.717, 1.165) is 42.3 Å². The molecule has 3 N–H and O–H groups in total. The van der Waals surface area contributed by atoms with Crippen LogP contribution in [0.15, 0.2) is 59.7 Å². The van der Waals surface area contributed by atoms with Crippen LogP contribution in [0.2, 0.25) is 0 Å². The van der Waals surface area contributed by atoms with Gasteiger partial charge in [-0.1, -0.05) is 12.8 Å². The summed E-state index contributed by atoms with van der Waals surface area (Å²) in [6, 6.07) is 9.10. The molecule has 6 aromatic rings. The van der Waals surface area contributed by atoms with E-state index in [1.807, 2.05) is 29.6 Å². The van der Waals surface area contributed by atoms with Gasteiger partial charge in [-0.05, 0) is 65.1 Å². The van der Waals surface area contributed by atoms with Crippen molar-refractivity contribution >= 4 is 45.0 Å². The van der Waals surface area contributed by atoms with Gasteiger partial charge in [-0.15, -0.1) is 0 Å². The Morgan fingerprint density at radius 2 is 1.97 bits per heavy atom. The lowest BCUT2D eigenvalue weighted by Gasteiger charge is -2.11. The second-order valence-electron chi connectivity index (χ2n) is 9.54. The molecular weight excluding hydrogens is 501 g/mol. The van der Waals surface area contributed by atoms with Crippen LogP contribution in [0.4, 0.5) is 10.1 Å². The van der Waals surface area contributed by atoms with E-state index in [9.17, 15) is 4.79 Å². The summed E-state index contributed by atoms with van der Waals surface area (Å²) in [5, 5.41) is 14.8. The third-order valence-corrected chi connectivity index (χ3v) is 7.82. The maximum Gasteiger partial charge on any atom is 0.227 e. The van der Waals surface area contributed by atoms with E-state index in [2.05, 4.69) is 40.8 Å². The number of hydrogen-bond acceptors (Lipinski definition) is 6. The number of carbonyl (C=O) groups excluding carboxylic acids is 1. The molecule has 7 rings (SSSR count). The molecule has 1 fully saturated rings. The number of aromatic amines is 2. The molecular formula is C28H22FN7OS. The highest BCUT2D eigenvalue weighted by Crippen LogP contribution is 2.34. The van der Waals surface area contributed by atoms with Gasteiger partial charge in [0, 0.05) is 34.8 Å². The second-order valence-corrected chi connectivity index (χ2v) is 10.3. The number of thiophene rings is 1. The van der Waals surface area contributed by atoms with Crippen LogP contribution in [-0.2, 0) is 4.79 Å². The fourth-order valence-electron chi connectivity index (χ4n) is 5.21. The maximum absolute atomic E-state index is 15.2. The van der Waals surface area contributed by atoms with Gasteiger partial charge in [-0.2, -0.15) is 16.4 Å². The first-order valence-electron chi connectivity index (χ1n) is 12.5. The van der Waals surface area contributed by atoms with Gasteiger partial charge in [-0.3, -0.25) is 14.9 Å². The van der Waals surface area contributed by atoms with Crippen molar-refractivity contribution < 1.29 is 9.18 Å². The van der Waals surface area contributed by atoms with E-state index >= 15 is 4.39 Å². The fraction of sp³-hybridized carbons (Fsp3) is 0.179. The van der Waals surface area contributed by atoms with Gasteiger partial charge in [-0.25, -0.2) is 14.4 Å². The second kappa shape index (κ2) is 9.14. The van der Waals surface area contributed by atoms with Crippen molar-refractivity contribution in [2.75, 3.05) is 5.32 Å². The van der Waals surface area contributed by atoms with Gasteiger partial charge in [0.1, 0.15) is 11.2 Å². The molecule has 1 aliphatic rings. The number of aromatic nitrogens is 6. The summed E-state index contributed by atoms with van der Waals surface area (Å²) in [6.07, 6.45) is 8.99. The maximum atomic E-state index is 15.2. The summed E-state index contributed by atoms with van der Waals surface area (Å²) in [7, 11) is 0. The molecule has 1 aliphatic carbocycles. The molecule has 0 spiro atoms. The van der Waals surface area contributed by atoms with E-state index in [-0.39, 0.29) is 17.3 Å². The summed E-state index contributed by atoms with van der Waals surface area (Å²) >= 11 is 1.62. The monoisotopic (exact) mass is 523 g/mol. The Morgan fingerprint density at radius 3 is 2.82 bits per heavy atom. The summed E-state index contributed by atoms with van der Waals surface area (Å²) in [5.74, 6) is 0.110. The Balaban J connectivity index is 1.28. The molecule has 5 heterocycles. The molecule has 188 valence electrons. The van der Waals surface area contributed by atoms with Crippen LogP contribution in [0.5, 0.6) is 0 Å². The first-order valence-corrected chi connectivity index (χ1v) is 13.4.